The average molecular weight is 267 g/mol. The van der Waals surface area contributed by atoms with E-state index in [1.54, 1.807) is 19.1 Å². The molecule has 0 aromatic heterocycles. The molecule has 0 bridgehead atoms. The standard InChI is InChI=1S/C13H15ClN2O2/c1-8(2)16-13(17)9(3)18-12-6-11(14)5-4-10(12)7-15/h4-6,8-9H,1-3H3,(H,16,17). The highest BCUT2D eigenvalue weighted by Gasteiger charge is 2.17. The number of carbonyl (C=O) groups excluding carboxylic acids is 1. The van der Waals surface area contributed by atoms with Crippen LogP contribution in [0.15, 0.2) is 18.2 Å². The molecule has 0 aliphatic rings. The molecule has 0 aliphatic carbocycles. The van der Waals surface area contributed by atoms with E-state index in [2.05, 4.69) is 5.32 Å². The number of rotatable bonds is 4. The van der Waals surface area contributed by atoms with Crippen molar-refractivity contribution in [3.8, 4) is 11.8 Å². The van der Waals surface area contributed by atoms with Gasteiger partial charge in [0.15, 0.2) is 6.10 Å². The number of nitriles is 1. The van der Waals surface area contributed by atoms with E-state index in [0.717, 1.165) is 0 Å². The maximum absolute atomic E-state index is 11.7. The van der Waals surface area contributed by atoms with E-state index >= 15 is 0 Å². The summed E-state index contributed by atoms with van der Waals surface area (Å²) < 4.78 is 5.46. The van der Waals surface area contributed by atoms with Crippen LogP contribution in [0.1, 0.15) is 26.3 Å². The highest BCUT2D eigenvalue weighted by atomic mass is 35.5. The van der Waals surface area contributed by atoms with Crippen LogP contribution in [-0.4, -0.2) is 18.1 Å². The summed E-state index contributed by atoms with van der Waals surface area (Å²) in [6.07, 6.45) is -0.682. The van der Waals surface area contributed by atoms with Crippen LogP contribution in [0.25, 0.3) is 0 Å². The van der Waals surface area contributed by atoms with Crippen LogP contribution >= 0.6 is 11.6 Å². The van der Waals surface area contributed by atoms with Crippen LogP contribution < -0.4 is 10.1 Å². The SMILES string of the molecule is CC(C)NC(=O)C(C)Oc1cc(Cl)ccc1C#N. The third-order valence-electron chi connectivity index (χ3n) is 2.17. The molecule has 5 heteroatoms. The van der Waals surface area contributed by atoms with Crippen LogP contribution in [-0.2, 0) is 4.79 Å². The molecule has 0 radical (unpaired) electrons. The minimum absolute atomic E-state index is 0.0401. The predicted octanol–water partition coefficient (Wildman–Crippen LogP) is 2.50. The van der Waals surface area contributed by atoms with Gasteiger partial charge < -0.3 is 10.1 Å². The number of nitrogens with zero attached hydrogens (tertiary/aromatic N) is 1. The van der Waals surface area contributed by atoms with Gasteiger partial charge in [-0.2, -0.15) is 5.26 Å². The molecule has 1 amide bonds. The Morgan fingerprint density at radius 1 is 1.44 bits per heavy atom. The minimum Gasteiger partial charge on any atom is -0.479 e. The van der Waals surface area contributed by atoms with Crippen molar-refractivity contribution in [3.05, 3.63) is 28.8 Å². The number of carbonyl (C=O) groups is 1. The molecule has 1 unspecified atom stereocenters. The van der Waals surface area contributed by atoms with Gasteiger partial charge in [-0.05, 0) is 32.9 Å². The van der Waals surface area contributed by atoms with Gasteiger partial charge in [-0.25, -0.2) is 0 Å². The van der Waals surface area contributed by atoms with Crippen LogP contribution in [0.5, 0.6) is 5.75 Å². The zero-order chi connectivity index (χ0) is 13.7. The van der Waals surface area contributed by atoms with E-state index in [1.165, 1.54) is 6.07 Å². The topological polar surface area (TPSA) is 62.1 Å². The lowest BCUT2D eigenvalue weighted by Gasteiger charge is -2.17. The molecule has 0 saturated carbocycles. The van der Waals surface area contributed by atoms with Crippen LogP contribution in [0.4, 0.5) is 0 Å². The molecule has 0 fully saturated rings. The smallest absolute Gasteiger partial charge is 0.260 e. The van der Waals surface area contributed by atoms with E-state index in [-0.39, 0.29) is 11.9 Å². The fourth-order valence-electron chi connectivity index (χ4n) is 1.33. The summed E-state index contributed by atoms with van der Waals surface area (Å²) in [5, 5.41) is 12.1. The van der Waals surface area contributed by atoms with E-state index in [1.807, 2.05) is 19.9 Å². The van der Waals surface area contributed by atoms with Crippen LogP contribution in [0.3, 0.4) is 0 Å². The van der Waals surface area contributed by atoms with Gasteiger partial charge in [-0.3, -0.25) is 4.79 Å². The Kier molecular flexibility index (Phi) is 4.99. The number of benzene rings is 1. The third kappa shape index (κ3) is 3.94. The number of hydrogen-bond acceptors (Lipinski definition) is 3. The van der Waals surface area contributed by atoms with Crippen molar-refractivity contribution in [1.29, 1.82) is 5.26 Å². The van der Waals surface area contributed by atoms with Crippen molar-refractivity contribution in [2.45, 2.75) is 32.9 Å². The first kappa shape index (κ1) is 14.3. The number of ether oxygens (including phenoxy) is 1. The van der Waals surface area contributed by atoms with Crippen molar-refractivity contribution >= 4 is 17.5 Å². The Hall–Kier alpha value is -1.73. The van der Waals surface area contributed by atoms with Gasteiger partial charge in [0.2, 0.25) is 0 Å². The summed E-state index contributed by atoms with van der Waals surface area (Å²) in [6, 6.07) is 6.72. The molecule has 1 N–H and O–H groups in total. The van der Waals surface area contributed by atoms with E-state index in [4.69, 9.17) is 21.6 Å². The first-order chi connectivity index (χ1) is 8.43. The fraction of sp³-hybridized carbons (Fsp3) is 0.385. The zero-order valence-electron chi connectivity index (χ0n) is 10.5. The highest BCUT2D eigenvalue weighted by Crippen LogP contribution is 2.23. The zero-order valence-corrected chi connectivity index (χ0v) is 11.3. The first-order valence-electron chi connectivity index (χ1n) is 5.60. The second-order valence-corrected chi connectivity index (χ2v) is 4.61. The van der Waals surface area contributed by atoms with E-state index in [9.17, 15) is 4.79 Å². The van der Waals surface area contributed by atoms with E-state index < -0.39 is 6.10 Å². The monoisotopic (exact) mass is 266 g/mol. The third-order valence-corrected chi connectivity index (χ3v) is 2.40. The molecule has 1 atom stereocenters. The number of hydrogen-bond donors (Lipinski definition) is 1. The Morgan fingerprint density at radius 2 is 2.11 bits per heavy atom. The van der Waals surface area contributed by atoms with Crippen molar-refractivity contribution in [3.63, 3.8) is 0 Å². The second-order valence-electron chi connectivity index (χ2n) is 4.18. The minimum atomic E-state index is -0.682. The number of halogens is 1. The lowest BCUT2D eigenvalue weighted by Crippen LogP contribution is -2.40. The highest BCUT2D eigenvalue weighted by molar-refractivity contribution is 6.30. The molecule has 18 heavy (non-hydrogen) atoms. The lowest BCUT2D eigenvalue weighted by molar-refractivity contribution is -0.127. The fourth-order valence-corrected chi connectivity index (χ4v) is 1.49. The molecular weight excluding hydrogens is 252 g/mol. The molecule has 1 aromatic rings. The maximum Gasteiger partial charge on any atom is 0.260 e. The second kappa shape index (κ2) is 6.27. The van der Waals surface area contributed by atoms with Crippen molar-refractivity contribution in [1.82, 2.24) is 5.32 Å². The number of nitrogens with one attached hydrogen (secondary N) is 1. The summed E-state index contributed by atoms with van der Waals surface area (Å²) in [5.41, 5.74) is 0.351. The molecule has 96 valence electrons. The quantitative estimate of drug-likeness (QED) is 0.911. The van der Waals surface area contributed by atoms with Gasteiger partial charge in [-0.1, -0.05) is 11.6 Å². The van der Waals surface area contributed by atoms with Gasteiger partial charge in [-0.15, -0.1) is 0 Å². The lowest BCUT2D eigenvalue weighted by atomic mass is 10.2. The molecule has 1 aromatic carbocycles. The Labute approximate surface area is 112 Å². The molecule has 0 spiro atoms. The molecular formula is C13H15ClN2O2. The Morgan fingerprint density at radius 3 is 2.67 bits per heavy atom. The van der Waals surface area contributed by atoms with Crippen molar-refractivity contribution in [2.24, 2.45) is 0 Å². The normalized spacial score (nSPS) is 11.8. The molecule has 0 saturated heterocycles. The maximum atomic E-state index is 11.7. The van der Waals surface area contributed by atoms with E-state index in [0.29, 0.717) is 16.3 Å². The summed E-state index contributed by atoms with van der Waals surface area (Å²) in [6.45, 7) is 5.36. The van der Waals surface area contributed by atoms with Gasteiger partial charge >= 0.3 is 0 Å². The van der Waals surface area contributed by atoms with Gasteiger partial charge in [0, 0.05) is 17.1 Å². The van der Waals surface area contributed by atoms with Crippen molar-refractivity contribution < 1.29 is 9.53 Å². The summed E-state index contributed by atoms with van der Waals surface area (Å²) in [4.78, 5) is 11.7. The summed E-state index contributed by atoms with van der Waals surface area (Å²) in [7, 11) is 0. The van der Waals surface area contributed by atoms with Crippen molar-refractivity contribution in [2.75, 3.05) is 0 Å². The Balaban J connectivity index is 2.81. The molecule has 1 rings (SSSR count). The van der Waals surface area contributed by atoms with Gasteiger partial charge in [0.05, 0.1) is 5.56 Å². The Bertz CT molecular complexity index is 480. The number of amides is 1. The van der Waals surface area contributed by atoms with Crippen LogP contribution in [0, 0.1) is 11.3 Å². The summed E-state index contributed by atoms with van der Waals surface area (Å²) in [5.74, 6) is 0.0882. The predicted molar refractivity (Wildman–Crippen MR) is 69.5 cm³/mol. The van der Waals surface area contributed by atoms with Gasteiger partial charge in [0.1, 0.15) is 11.8 Å². The first-order valence-corrected chi connectivity index (χ1v) is 5.98. The van der Waals surface area contributed by atoms with Crippen LogP contribution in [0.2, 0.25) is 5.02 Å². The largest absolute Gasteiger partial charge is 0.479 e. The molecule has 4 nitrogen and oxygen atoms in total. The van der Waals surface area contributed by atoms with Gasteiger partial charge in [0.25, 0.3) is 5.91 Å². The average Bonchev–Trinajstić information content (AvgIpc) is 2.28. The molecule has 0 heterocycles. The molecule has 0 aliphatic heterocycles. The summed E-state index contributed by atoms with van der Waals surface area (Å²) >= 11 is 5.83.